The Hall–Kier alpha value is -2.03. The van der Waals surface area contributed by atoms with Gasteiger partial charge in [0.1, 0.15) is 17.1 Å². The molecule has 0 heterocycles. The number of methoxy groups -OCH3 is 2. The van der Waals surface area contributed by atoms with Gasteiger partial charge in [-0.1, -0.05) is 13.3 Å². The predicted molar refractivity (Wildman–Crippen MR) is 121 cm³/mol. The van der Waals surface area contributed by atoms with Crippen molar-refractivity contribution >= 4 is 6.09 Å². The summed E-state index contributed by atoms with van der Waals surface area (Å²) >= 11 is 0. The van der Waals surface area contributed by atoms with Gasteiger partial charge in [-0.15, -0.1) is 0 Å². The van der Waals surface area contributed by atoms with E-state index in [1.54, 1.807) is 14.2 Å². The summed E-state index contributed by atoms with van der Waals surface area (Å²) in [5.74, 6) is 1.68. The van der Waals surface area contributed by atoms with Gasteiger partial charge in [-0.05, 0) is 44.9 Å². The lowest BCUT2D eigenvalue weighted by Gasteiger charge is -2.19. The van der Waals surface area contributed by atoms with E-state index in [0.717, 1.165) is 29.9 Å². The van der Waals surface area contributed by atoms with Gasteiger partial charge in [-0.25, -0.2) is 4.79 Å². The van der Waals surface area contributed by atoms with Crippen LogP contribution in [0.2, 0.25) is 0 Å². The maximum absolute atomic E-state index is 11.5. The van der Waals surface area contributed by atoms with Crippen LogP contribution in [0.5, 0.6) is 11.5 Å². The second-order valence-electron chi connectivity index (χ2n) is 8.06. The molecule has 2 N–H and O–H groups in total. The number of hydrogen-bond donors (Lipinski definition) is 2. The van der Waals surface area contributed by atoms with E-state index < -0.39 is 11.7 Å². The Morgan fingerprint density at radius 3 is 2.03 bits per heavy atom. The average Bonchev–Trinajstić information content (AvgIpc) is 2.71. The van der Waals surface area contributed by atoms with Gasteiger partial charge in [0.25, 0.3) is 0 Å². The number of rotatable bonds is 15. The second kappa shape index (κ2) is 14.9. The molecule has 0 aliphatic rings. The Labute approximate surface area is 186 Å². The Morgan fingerprint density at radius 1 is 0.935 bits per heavy atom. The van der Waals surface area contributed by atoms with Crippen LogP contribution in [-0.2, 0) is 27.2 Å². The minimum Gasteiger partial charge on any atom is -0.496 e. The molecule has 1 rings (SSSR count). The van der Waals surface area contributed by atoms with Crippen LogP contribution in [0, 0.1) is 0 Å². The molecule has 0 aliphatic heterocycles. The molecule has 0 spiro atoms. The quantitative estimate of drug-likeness (QED) is 0.405. The molecule has 1 aromatic carbocycles. The monoisotopic (exact) mass is 440 g/mol. The highest BCUT2D eigenvalue weighted by molar-refractivity contribution is 5.67. The third-order valence-electron chi connectivity index (χ3n) is 4.22. The van der Waals surface area contributed by atoms with Crippen LogP contribution in [0.15, 0.2) is 12.1 Å². The molecule has 0 radical (unpaired) electrons. The Morgan fingerprint density at radius 2 is 1.52 bits per heavy atom. The average molecular weight is 441 g/mol. The van der Waals surface area contributed by atoms with Crippen LogP contribution in [0.25, 0.3) is 0 Å². The summed E-state index contributed by atoms with van der Waals surface area (Å²) in [6.07, 6.45) is 1.63. The number of alkyl carbamates (subject to hydrolysis) is 1. The molecule has 1 amide bonds. The van der Waals surface area contributed by atoms with Crippen LogP contribution < -0.4 is 20.1 Å². The van der Waals surface area contributed by atoms with Gasteiger partial charge in [0.15, 0.2) is 0 Å². The highest BCUT2D eigenvalue weighted by atomic mass is 16.6. The lowest BCUT2D eigenvalue weighted by Crippen LogP contribution is -2.34. The van der Waals surface area contributed by atoms with Crippen molar-refractivity contribution in [2.24, 2.45) is 0 Å². The highest BCUT2D eigenvalue weighted by Gasteiger charge is 2.15. The Bertz CT molecular complexity index is 620. The summed E-state index contributed by atoms with van der Waals surface area (Å²) in [7, 11) is 3.36. The van der Waals surface area contributed by atoms with Crippen molar-refractivity contribution in [1.29, 1.82) is 0 Å². The van der Waals surface area contributed by atoms with Gasteiger partial charge in [-0.2, -0.15) is 0 Å². The van der Waals surface area contributed by atoms with Crippen LogP contribution in [0.4, 0.5) is 4.79 Å². The Kier molecular flexibility index (Phi) is 13.0. The predicted octanol–water partition coefficient (Wildman–Crippen LogP) is 3.30. The molecule has 0 aromatic heterocycles. The standard InChI is InChI=1S/C23H40N2O6/c1-7-8-18-15-20(27-5)19(21(16-18)28-6)17-24-9-11-29-13-14-30-12-10-25-22(26)31-23(2,3)4/h15-16,24H,7-14,17H2,1-6H3,(H,25,26). The van der Waals surface area contributed by atoms with E-state index in [0.29, 0.717) is 46.1 Å². The van der Waals surface area contributed by atoms with Gasteiger partial charge in [0.05, 0.1) is 40.6 Å². The van der Waals surface area contributed by atoms with Crippen molar-refractivity contribution in [2.45, 2.75) is 52.7 Å². The molecule has 0 bridgehead atoms. The van der Waals surface area contributed by atoms with Crippen molar-refractivity contribution in [3.8, 4) is 11.5 Å². The maximum atomic E-state index is 11.5. The summed E-state index contributed by atoms with van der Waals surface area (Å²) < 4.78 is 27.3. The number of hydrogen-bond acceptors (Lipinski definition) is 7. The van der Waals surface area contributed by atoms with Crippen LogP contribution >= 0.6 is 0 Å². The van der Waals surface area contributed by atoms with Crippen molar-refractivity contribution in [3.63, 3.8) is 0 Å². The van der Waals surface area contributed by atoms with E-state index in [2.05, 4.69) is 29.7 Å². The third-order valence-corrected chi connectivity index (χ3v) is 4.22. The highest BCUT2D eigenvalue weighted by Crippen LogP contribution is 2.31. The number of ether oxygens (including phenoxy) is 5. The fourth-order valence-corrected chi connectivity index (χ4v) is 2.86. The van der Waals surface area contributed by atoms with Crippen molar-refractivity contribution in [3.05, 3.63) is 23.3 Å². The zero-order valence-corrected chi connectivity index (χ0v) is 20.0. The first kappa shape index (κ1) is 27.0. The zero-order valence-electron chi connectivity index (χ0n) is 20.0. The van der Waals surface area contributed by atoms with Gasteiger partial charge in [0, 0.05) is 25.2 Å². The van der Waals surface area contributed by atoms with E-state index in [1.165, 1.54) is 5.56 Å². The number of benzene rings is 1. The molecule has 0 saturated carbocycles. The molecule has 0 aliphatic carbocycles. The number of carbonyl (C=O) groups is 1. The first-order chi connectivity index (χ1) is 14.8. The molecule has 1 aromatic rings. The largest absolute Gasteiger partial charge is 0.496 e. The van der Waals surface area contributed by atoms with E-state index in [1.807, 2.05) is 20.8 Å². The topological polar surface area (TPSA) is 87.3 Å². The molecule has 0 atom stereocenters. The number of nitrogens with one attached hydrogen (secondary N) is 2. The molecule has 178 valence electrons. The first-order valence-electron chi connectivity index (χ1n) is 10.9. The molecule has 8 heteroatoms. The van der Waals surface area contributed by atoms with Gasteiger partial charge in [0.2, 0.25) is 0 Å². The summed E-state index contributed by atoms with van der Waals surface area (Å²) in [6.45, 7) is 11.3. The molecule has 8 nitrogen and oxygen atoms in total. The lowest BCUT2D eigenvalue weighted by atomic mass is 10.0. The molecule has 31 heavy (non-hydrogen) atoms. The summed E-state index contributed by atoms with van der Waals surface area (Å²) in [6, 6.07) is 4.16. The van der Waals surface area contributed by atoms with Crippen LogP contribution in [0.1, 0.15) is 45.2 Å². The van der Waals surface area contributed by atoms with Gasteiger partial charge < -0.3 is 34.3 Å². The van der Waals surface area contributed by atoms with Crippen molar-refractivity contribution < 1.29 is 28.5 Å². The molecular formula is C23H40N2O6. The van der Waals surface area contributed by atoms with E-state index in [-0.39, 0.29) is 0 Å². The third kappa shape index (κ3) is 11.8. The molecule has 0 unspecified atom stereocenters. The molecule has 0 fully saturated rings. The van der Waals surface area contributed by atoms with Gasteiger partial charge in [-0.3, -0.25) is 0 Å². The minimum absolute atomic E-state index is 0.400. The summed E-state index contributed by atoms with van der Waals surface area (Å²) in [5.41, 5.74) is 1.72. The maximum Gasteiger partial charge on any atom is 0.407 e. The van der Waals surface area contributed by atoms with Crippen molar-refractivity contribution in [2.75, 3.05) is 53.7 Å². The fraction of sp³-hybridized carbons (Fsp3) is 0.696. The summed E-state index contributed by atoms with van der Waals surface area (Å²) in [5, 5.41) is 6.00. The van der Waals surface area contributed by atoms with E-state index in [4.69, 9.17) is 23.7 Å². The lowest BCUT2D eigenvalue weighted by molar-refractivity contribution is 0.0403. The molecule has 0 saturated heterocycles. The molecular weight excluding hydrogens is 400 g/mol. The number of aryl methyl sites for hydroxylation is 1. The first-order valence-corrected chi connectivity index (χ1v) is 10.9. The summed E-state index contributed by atoms with van der Waals surface area (Å²) in [4.78, 5) is 11.5. The van der Waals surface area contributed by atoms with Crippen molar-refractivity contribution in [1.82, 2.24) is 10.6 Å². The number of amides is 1. The van der Waals surface area contributed by atoms with Crippen LogP contribution in [0.3, 0.4) is 0 Å². The minimum atomic E-state index is -0.498. The smallest absolute Gasteiger partial charge is 0.407 e. The van der Waals surface area contributed by atoms with E-state index >= 15 is 0 Å². The van der Waals surface area contributed by atoms with Gasteiger partial charge >= 0.3 is 6.09 Å². The number of carbonyl (C=O) groups excluding carboxylic acids is 1. The normalized spacial score (nSPS) is 11.3. The second-order valence-corrected chi connectivity index (χ2v) is 8.06. The SMILES string of the molecule is CCCc1cc(OC)c(CNCCOCCOCCNC(=O)OC(C)(C)C)c(OC)c1. The Balaban J connectivity index is 2.16. The fourth-order valence-electron chi connectivity index (χ4n) is 2.86. The zero-order chi connectivity index (χ0) is 23.1. The van der Waals surface area contributed by atoms with E-state index in [9.17, 15) is 4.79 Å². The van der Waals surface area contributed by atoms with Crippen LogP contribution in [-0.4, -0.2) is 65.4 Å².